The van der Waals surface area contributed by atoms with Crippen LogP contribution >= 0.6 is 11.6 Å². The standard InChI is InChI=1S/C16H23ClFN/c1-3-19-15(13-8-4-6-11(13)2)10-12-7-5-9-14(18)16(12)17/h5,7,9,11,13,15,19H,3-4,6,8,10H2,1-2H3. The Kier molecular flexibility index (Phi) is 5.23. The molecule has 1 saturated carbocycles. The van der Waals surface area contributed by atoms with E-state index in [4.69, 9.17) is 11.6 Å². The number of nitrogens with one attached hydrogen (secondary N) is 1. The van der Waals surface area contributed by atoms with Crippen LogP contribution in [0.5, 0.6) is 0 Å². The highest BCUT2D eigenvalue weighted by Crippen LogP contribution is 2.35. The third-order valence-corrected chi connectivity index (χ3v) is 4.81. The minimum Gasteiger partial charge on any atom is -0.314 e. The molecule has 0 aromatic heterocycles. The van der Waals surface area contributed by atoms with Gasteiger partial charge >= 0.3 is 0 Å². The summed E-state index contributed by atoms with van der Waals surface area (Å²) in [7, 11) is 0. The monoisotopic (exact) mass is 283 g/mol. The summed E-state index contributed by atoms with van der Waals surface area (Å²) in [4.78, 5) is 0. The van der Waals surface area contributed by atoms with Crippen molar-refractivity contribution < 1.29 is 4.39 Å². The van der Waals surface area contributed by atoms with Crippen LogP contribution in [0, 0.1) is 17.7 Å². The van der Waals surface area contributed by atoms with Gasteiger partial charge in [-0.2, -0.15) is 0 Å². The minimum atomic E-state index is -0.311. The Labute approximate surface area is 120 Å². The zero-order chi connectivity index (χ0) is 13.8. The maximum Gasteiger partial charge on any atom is 0.142 e. The second-order valence-corrected chi connectivity index (χ2v) is 6.03. The summed E-state index contributed by atoms with van der Waals surface area (Å²) in [6, 6.07) is 5.51. The van der Waals surface area contributed by atoms with Crippen LogP contribution in [0.3, 0.4) is 0 Å². The predicted molar refractivity (Wildman–Crippen MR) is 79.1 cm³/mol. The van der Waals surface area contributed by atoms with Gasteiger partial charge in [-0.15, -0.1) is 0 Å². The van der Waals surface area contributed by atoms with Crippen molar-refractivity contribution in [3.8, 4) is 0 Å². The van der Waals surface area contributed by atoms with Crippen molar-refractivity contribution in [3.63, 3.8) is 0 Å². The highest BCUT2D eigenvalue weighted by atomic mass is 35.5. The summed E-state index contributed by atoms with van der Waals surface area (Å²) >= 11 is 6.08. The fourth-order valence-corrected chi connectivity index (χ4v) is 3.56. The van der Waals surface area contributed by atoms with Crippen molar-refractivity contribution in [1.82, 2.24) is 5.32 Å². The van der Waals surface area contributed by atoms with Gasteiger partial charge in [0.15, 0.2) is 0 Å². The van der Waals surface area contributed by atoms with Crippen LogP contribution < -0.4 is 5.32 Å². The average molecular weight is 284 g/mol. The van der Waals surface area contributed by atoms with E-state index in [1.165, 1.54) is 25.3 Å². The van der Waals surface area contributed by atoms with E-state index in [0.717, 1.165) is 24.4 Å². The molecule has 106 valence electrons. The Bertz CT molecular complexity index is 421. The average Bonchev–Trinajstić information content (AvgIpc) is 2.80. The molecule has 1 aliphatic carbocycles. The molecule has 3 atom stereocenters. The Morgan fingerprint density at radius 1 is 1.42 bits per heavy atom. The lowest BCUT2D eigenvalue weighted by molar-refractivity contribution is 0.298. The molecule has 1 N–H and O–H groups in total. The van der Waals surface area contributed by atoms with Gasteiger partial charge in [-0.25, -0.2) is 4.39 Å². The molecule has 1 fully saturated rings. The van der Waals surface area contributed by atoms with Gasteiger partial charge in [0.05, 0.1) is 5.02 Å². The smallest absolute Gasteiger partial charge is 0.142 e. The Hall–Kier alpha value is -0.600. The van der Waals surface area contributed by atoms with Crippen LogP contribution in [0.15, 0.2) is 18.2 Å². The second kappa shape index (κ2) is 6.71. The summed E-state index contributed by atoms with van der Waals surface area (Å²) in [5, 5.41) is 3.86. The molecule has 1 aromatic carbocycles. The molecule has 1 nitrogen and oxygen atoms in total. The van der Waals surface area contributed by atoms with Crippen LogP contribution in [0.25, 0.3) is 0 Å². The first kappa shape index (κ1) is 14.8. The molecule has 0 radical (unpaired) electrons. The lowest BCUT2D eigenvalue weighted by atomic mass is 9.86. The lowest BCUT2D eigenvalue weighted by Gasteiger charge is -2.28. The van der Waals surface area contributed by atoms with Crippen LogP contribution in [-0.2, 0) is 6.42 Å². The van der Waals surface area contributed by atoms with Crippen molar-refractivity contribution in [1.29, 1.82) is 0 Å². The molecular weight excluding hydrogens is 261 g/mol. The fourth-order valence-electron chi connectivity index (χ4n) is 3.35. The fraction of sp³-hybridized carbons (Fsp3) is 0.625. The SMILES string of the molecule is CCNC(Cc1cccc(F)c1Cl)C1CCCC1C. The van der Waals surface area contributed by atoms with Gasteiger partial charge in [-0.05, 0) is 42.9 Å². The summed E-state index contributed by atoms with van der Waals surface area (Å²) in [6.07, 6.45) is 4.71. The van der Waals surface area contributed by atoms with Crippen molar-refractivity contribution in [2.24, 2.45) is 11.8 Å². The minimum absolute atomic E-state index is 0.288. The van der Waals surface area contributed by atoms with Gasteiger partial charge in [0, 0.05) is 6.04 Å². The van der Waals surface area contributed by atoms with Crippen LogP contribution in [0.4, 0.5) is 4.39 Å². The van der Waals surface area contributed by atoms with E-state index in [9.17, 15) is 4.39 Å². The third kappa shape index (κ3) is 3.49. The van der Waals surface area contributed by atoms with Gasteiger partial charge < -0.3 is 5.32 Å². The quantitative estimate of drug-likeness (QED) is 0.843. The van der Waals surface area contributed by atoms with E-state index in [1.54, 1.807) is 6.07 Å². The van der Waals surface area contributed by atoms with Gasteiger partial charge in [0.25, 0.3) is 0 Å². The summed E-state index contributed by atoms with van der Waals surface area (Å²) in [6.45, 7) is 5.40. The van der Waals surface area contributed by atoms with Gasteiger partial charge in [0.1, 0.15) is 5.82 Å². The first-order chi connectivity index (χ1) is 9.13. The molecule has 0 saturated heterocycles. The first-order valence-corrected chi connectivity index (χ1v) is 7.67. The summed E-state index contributed by atoms with van der Waals surface area (Å²) < 4.78 is 13.5. The number of rotatable bonds is 5. The van der Waals surface area contributed by atoms with Crippen molar-refractivity contribution in [2.45, 2.75) is 45.6 Å². The number of hydrogen-bond acceptors (Lipinski definition) is 1. The molecule has 2 rings (SSSR count). The predicted octanol–water partition coefficient (Wildman–Crippen LogP) is 4.44. The maximum absolute atomic E-state index is 13.5. The zero-order valence-corrected chi connectivity index (χ0v) is 12.5. The van der Waals surface area contributed by atoms with Gasteiger partial charge in [-0.3, -0.25) is 0 Å². The summed E-state index contributed by atoms with van der Waals surface area (Å²) in [5.41, 5.74) is 0.923. The molecule has 1 aromatic rings. The molecule has 0 amide bonds. The molecule has 0 spiro atoms. The first-order valence-electron chi connectivity index (χ1n) is 7.29. The Morgan fingerprint density at radius 3 is 2.84 bits per heavy atom. The lowest BCUT2D eigenvalue weighted by Crippen LogP contribution is -2.39. The van der Waals surface area contributed by atoms with E-state index < -0.39 is 0 Å². The van der Waals surface area contributed by atoms with Crippen molar-refractivity contribution in [2.75, 3.05) is 6.54 Å². The second-order valence-electron chi connectivity index (χ2n) is 5.65. The number of halogens is 2. The molecule has 1 aliphatic rings. The van der Waals surface area contributed by atoms with E-state index in [0.29, 0.717) is 12.0 Å². The van der Waals surface area contributed by atoms with Crippen LogP contribution in [0.2, 0.25) is 5.02 Å². The largest absolute Gasteiger partial charge is 0.314 e. The van der Waals surface area contributed by atoms with E-state index in [1.807, 2.05) is 6.07 Å². The molecule has 19 heavy (non-hydrogen) atoms. The zero-order valence-electron chi connectivity index (χ0n) is 11.8. The molecule has 3 unspecified atom stereocenters. The highest BCUT2D eigenvalue weighted by molar-refractivity contribution is 6.31. The van der Waals surface area contributed by atoms with Gasteiger partial charge in [0.2, 0.25) is 0 Å². The molecule has 0 heterocycles. The van der Waals surface area contributed by atoms with E-state index >= 15 is 0 Å². The van der Waals surface area contributed by atoms with Crippen LogP contribution in [0.1, 0.15) is 38.7 Å². The van der Waals surface area contributed by atoms with E-state index in [2.05, 4.69) is 19.2 Å². The molecule has 0 bridgehead atoms. The molecule has 0 aliphatic heterocycles. The summed E-state index contributed by atoms with van der Waals surface area (Å²) in [5.74, 6) is 1.12. The Balaban J connectivity index is 2.14. The van der Waals surface area contributed by atoms with E-state index in [-0.39, 0.29) is 10.8 Å². The number of benzene rings is 1. The third-order valence-electron chi connectivity index (χ3n) is 4.38. The van der Waals surface area contributed by atoms with Crippen LogP contribution in [-0.4, -0.2) is 12.6 Å². The van der Waals surface area contributed by atoms with Gasteiger partial charge in [-0.1, -0.05) is 50.4 Å². The molecule has 3 heteroatoms. The Morgan fingerprint density at radius 2 is 2.21 bits per heavy atom. The maximum atomic E-state index is 13.5. The highest BCUT2D eigenvalue weighted by Gasteiger charge is 2.30. The van der Waals surface area contributed by atoms with Crippen molar-refractivity contribution in [3.05, 3.63) is 34.6 Å². The van der Waals surface area contributed by atoms with Crippen molar-refractivity contribution >= 4 is 11.6 Å². The number of hydrogen-bond donors (Lipinski definition) is 1. The number of likely N-dealkylation sites (N-methyl/N-ethyl adjacent to an activating group) is 1. The molecular formula is C16H23ClFN. The normalized spacial score (nSPS) is 24.6. The topological polar surface area (TPSA) is 12.0 Å².